The lowest BCUT2D eigenvalue weighted by atomic mass is 10.3. The van der Waals surface area contributed by atoms with Gasteiger partial charge in [-0.3, -0.25) is 4.79 Å². The Morgan fingerprint density at radius 3 is 2.56 bits per heavy atom. The van der Waals surface area contributed by atoms with Gasteiger partial charge in [-0.05, 0) is 48.5 Å². The van der Waals surface area contributed by atoms with E-state index < -0.39 is 0 Å². The van der Waals surface area contributed by atoms with Crippen molar-refractivity contribution < 1.29 is 9.53 Å². The van der Waals surface area contributed by atoms with Gasteiger partial charge in [0, 0.05) is 5.02 Å². The third kappa shape index (κ3) is 4.88. The maximum Gasteiger partial charge on any atom is 0.234 e. The number of nitrogens with one attached hydrogen (secondary N) is 1. The molecule has 1 amide bonds. The van der Waals surface area contributed by atoms with Gasteiger partial charge in [0.05, 0.1) is 28.7 Å². The van der Waals surface area contributed by atoms with E-state index in [1.807, 2.05) is 60.7 Å². The smallest absolute Gasteiger partial charge is 0.234 e. The number of carbonyl (C=O) groups excluding carboxylic acids is 1. The molecule has 0 unspecified atom stereocenters. The van der Waals surface area contributed by atoms with Crippen molar-refractivity contribution in [2.45, 2.75) is 5.03 Å². The van der Waals surface area contributed by atoms with Crippen LogP contribution in [0.25, 0.3) is 16.7 Å². The predicted molar refractivity (Wildman–Crippen MR) is 134 cm³/mol. The minimum Gasteiger partial charge on any atom is -0.455 e. The first kappa shape index (κ1) is 21.9. The summed E-state index contributed by atoms with van der Waals surface area (Å²) in [6, 6.07) is 24.1. The van der Waals surface area contributed by atoms with E-state index in [1.165, 1.54) is 18.1 Å². The zero-order chi connectivity index (χ0) is 23.3. The Kier molecular flexibility index (Phi) is 6.42. The Labute approximate surface area is 204 Å². The molecule has 0 atom stereocenters. The molecule has 0 saturated carbocycles. The fraction of sp³-hybridized carbons (Fsp3) is 0.0400. The molecule has 9 heteroatoms. The molecule has 7 nitrogen and oxygen atoms in total. The number of rotatable bonds is 7. The number of nitrogens with zero attached hydrogens (tertiary/aromatic N) is 4. The number of halogens is 1. The normalized spacial score (nSPS) is 10.9. The summed E-state index contributed by atoms with van der Waals surface area (Å²) in [6.07, 6.45) is 3.17. The summed E-state index contributed by atoms with van der Waals surface area (Å²) in [5.74, 6) is 1.25. The number of benzene rings is 3. The van der Waals surface area contributed by atoms with E-state index in [-0.39, 0.29) is 11.7 Å². The molecule has 5 rings (SSSR count). The number of aromatic nitrogens is 4. The van der Waals surface area contributed by atoms with Crippen molar-refractivity contribution in [3.8, 4) is 17.2 Å². The number of hydrogen-bond donors (Lipinski definition) is 1. The molecule has 0 aliphatic rings. The maximum absolute atomic E-state index is 12.7. The van der Waals surface area contributed by atoms with Crippen molar-refractivity contribution in [1.29, 1.82) is 0 Å². The van der Waals surface area contributed by atoms with Gasteiger partial charge in [0.1, 0.15) is 17.1 Å². The Morgan fingerprint density at radius 1 is 0.971 bits per heavy atom. The molecule has 0 bridgehead atoms. The summed E-state index contributed by atoms with van der Waals surface area (Å²) in [7, 11) is 0. The Hall–Kier alpha value is -3.88. The van der Waals surface area contributed by atoms with E-state index >= 15 is 0 Å². The summed E-state index contributed by atoms with van der Waals surface area (Å²) >= 11 is 7.31. The second-order valence-corrected chi connectivity index (χ2v) is 8.60. The zero-order valence-corrected chi connectivity index (χ0v) is 19.3. The minimum atomic E-state index is -0.175. The van der Waals surface area contributed by atoms with Crippen LogP contribution in [0.1, 0.15) is 0 Å². The van der Waals surface area contributed by atoms with Crippen molar-refractivity contribution in [3.05, 3.63) is 96.4 Å². The molecule has 3 aromatic carbocycles. The molecule has 5 aromatic rings. The first-order valence-corrected chi connectivity index (χ1v) is 11.7. The molecule has 168 valence electrons. The average molecular weight is 488 g/mol. The zero-order valence-electron chi connectivity index (χ0n) is 17.8. The van der Waals surface area contributed by atoms with Crippen LogP contribution in [0.4, 0.5) is 5.69 Å². The fourth-order valence-corrected chi connectivity index (χ4v) is 4.19. The second kappa shape index (κ2) is 9.94. The number of para-hydroxylation sites is 3. The number of thioether (sulfide) groups is 1. The molecule has 1 N–H and O–H groups in total. The van der Waals surface area contributed by atoms with Crippen molar-refractivity contribution in [1.82, 2.24) is 19.7 Å². The Balaban J connectivity index is 1.29. The van der Waals surface area contributed by atoms with Crippen molar-refractivity contribution in [2.75, 3.05) is 11.1 Å². The van der Waals surface area contributed by atoms with Crippen LogP contribution in [0, 0.1) is 0 Å². The first-order valence-electron chi connectivity index (χ1n) is 10.4. The third-order valence-corrected chi connectivity index (χ3v) is 6.13. The van der Waals surface area contributed by atoms with Crippen LogP contribution in [0.15, 0.2) is 96.4 Å². The van der Waals surface area contributed by atoms with Crippen LogP contribution in [-0.4, -0.2) is 31.4 Å². The van der Waals surface area contributed by atoms with Crippen LogP contribution in [0.2, 0.25) is 5.02 Å². The van der Waals surface area contributed by atoms with Crippen LogP contribution < -0.4 is 10.1 Å². The quantitative estimate of drug-likeness (QED) is 0.224. The summed E-state index contributed by atoms with van der Waals surface area (Å²) in [5.41, 5.74) is 2.09. The standard InChI is InChI=1S/C25H18ClN5O2S/c26-17-10-12-18(13-11-17)31-24-20(14-29-31)25(28-16-27-24)34-15-23(32)30-21-8-4-5-9-22(21)33-19-6-2-1-3-7-19/h1-14,16H,15H2,(H,30,32). The van der Waals surface area contributed by atoms with Crippen LogP contribution >= 0.6 is 23.4 Å². The summed E-state index contributed by atoms with van der Waals surface area (Å²) in [5, 5.41) is 9.45. The monoisotopic (exact) mass is 487 g/mol. The van der Waals surface area contributed by atoms with Gasteiger partial charge in [0.2, 0.25) is 5.91 Å². The van der Waals surface area contributed by atoms with Crippen LogP contribution in [-0.2, 0) is 4.79 Å². The van der Waals surface area contributed by atoms with Crippen molar-refractivity contribution in [2.24, 2.45) is 0 Å². The highest BCUT2D eigenvalue weighted by Gasteiger charge is 2.14. The molecule has 0 aliphatic heterocycles. The van der Waals surface area contributed by atoms with Gasteiger partial charge >= 0.3 is 0 Å². The van der Waals surface area contributed by atoms with E-state index in [4.69, 9.17) is 16.3 Å². The van der Waals surface area contributed by atoms with Gasteiger partial charge < -0.3 is 10.1 Å². The lowest BCUT2D eigenvalue weighted by Gasteiger charge is -2.12. The molecule has 0 spiro atoms. The lowest BCUT2D eigenvalue weighted by molar-refractivity contribution is -0.113. The summed E-state index contributed by atoms with van der Waals surface area (Å²) < 4.78 is 7.64. The van der Waals surface area contributed by atoms with Gasteiger partial charge in [0.25, 0.3) is 0 Å². The third-order valence-electron chi connectivity index (χ3n) is 4.87. The highest BCUT2D eigenvalue weighted by atomic mass is 35.5. The molecule has 0 saturated heterocycles. The number of hydrogen-bond acceptors (Lipinski definition) is 6. The molecule has 0 radical (unpaired) electrons. The lowest BCUT2D eigenvalue weighted by Crippen LogP contribution is -2.14. The summed E-state index contributed by atoms with van der Waals surface area (Å²) in [6.45, 7) is 0. The molecule has 0 aliphatic carbocycles. The van der Waals surface area contributed by atoms with Gasteiger partial charge in [0.15, 0.2) is 11.4 Å². The minimum absolute atomic E-state index is 0.165. The van der Waals surface area contributed by atoms with Crippen molar-refractivity contribution in [3.63, 3.8) is 0 Å². The van der Waals surface area contributed by atoms with E-state index in [2.05, 4.69) is 20.4 Å². The van der Waals surface area contributed by atoms with Crippen molar-refractivity contribution >= 4 is 46.0 Å². The van der Waals surface area contributed by atoms with Gasteiger partial charge in [-0.25, -0.2) is 14.6 Å². The van der Waals surface area contributed by atoms with E-state index in [0.717, 1.165) is 11.1 Å². The molecule has 2 heterocycles. The van der Waals surface area contributed by atoms with Gasteiger partial charge in [-0.1, -0.05) is 53.7 Å². The van der Waals surface area contributed by atoms with Gasteiger partial charge in [-0.2, -0.15) is 5.10 Å². The van der Waals surface area contributed by atoms with Crippen LogP contribution in [0.5, 0.6) is 11.5 Å². The van der Waals surface area contributed by atoms with E-state index in [0.29, 0.717) is 32.9 Å². The molecular weight excluding hydrogens is 470 g/mol. The number of anilines is 1. The summed E-state index contributed by atoms with van der Waals surface area (Å²) in [4.78, 5) is 21.4. The largest absolute Gasteiger partial charge is 0.455 e. The first-order chi connectivity index (χ1) is 16.7. The molecule has 0 fully saturated rings. The average Bonchev–Trinajstić information content (AvgIpc) is 3.30. The fourth-order valence-electron chi connectivity index (χ4n) is 3.30. The van der Waals surface area contributed by atoms with E-state index in [9.17, 15) is 4.79 Å². The molecular formula is C25H18ClN5O2S. The Bertz CT molecular complexity index is 1440. The maximum atomic E-state index is 12.7. The number of fused-ring (bicyclic) bond motifs is 1. The van der Waals surface area contributed by atoms with Gasteiger partial charge in [-0.15, -0.1) is 0 Å². The highest BCUT2D eigenvalue weighted by molar-refractivity contribution is 8.00. The number of ether oxygens (including phenoxy) is 1. The van der Waals surface area contributed by atoms with Crippen LogP contribution in [0.3, 0.4) is 0 Å². The predicted octanol–water partition coefficient (Wildman–Crippen LogP) is 5.99. The number of amides is 1. The van der Waals surface area contributed by atoms with E-state index in [1.54, 1.807) is 29.1 Å². The number of carbonyl (C=O) groups is 1. The molecule has 2 aromatic heterocycles. The second-order valence-electron chi connectivity index (χ2n) is 7.20. The molecule has 34 heavy (non-hydrogen) atoms. The topological polar surface area (TPSA) is 81.9 Å². The SMILES string of the molecule is O=C(CSc1ncnc2c1cnn2-c1ccc(Cl)cc1)Nc1ccccc1Oc1ccccc1. The Morgan fingerprint density at radius 2 is 1.74 bits per heavy atom. The highest BCUT2D eigenvalue weighted by Crippen LogP contribution is 2.30.